The normalized spacial score (nSPS) is 22.4. The van der Waals surface area contributed by atoms with Crippen LogP contribution in [0.1, 0.15) is 53.7 Å². The molecule has 2 aromatic carbocycles. The lowest BCUT2D eigenvalue weighted by molar-refractivity contribution is -0.113. The molecule has 1 aliphatic rings. The number of phenolic OH excluding ortho intramolecular Hbond substituents is 1. The predicted molar refractivity (Wildman–Crippen MR) is 101 cm³/mol. The minimum absolute atomic E-state index is 0.0839. The molecule has 5 heteroatoms. The summed E-state index contributed by atoms with van der Waals surface area (Å²) in [5.74, 6) is -0.0839. The van der Waals surface area contributed by atoms with Gasteiger partial charge in [-0.05, 0) is 41.2 Å². The van der Waals surface area contributed by atoms with Gasteiger partial charge in [0.05, 0.1) is 30.5 Å². The number of nitrogens with zero attached hydrogens (tertiary/aromatic N) is 1. The van der Waals surface area contributed by atoms with Crippen LogP contribution >= 0.6 is 0 Å². The molecule has 142 valence electrons. The number of benzene rings is 2. The van der Waals surface area contributed by atoms with Crippen LogP contribution in [0.25, 0.3) is 0 Å². The summed E-state index contributed by atoms with van der Waals surface area (Å²) in [6.07, 6.45) is 0.856. The molecule has 27 heavy (non-hydrogen) atoms. The average molecular weight is 367 g/mol. The second kappa shape index (κ2) is 8.53. The molecule has 1 fully saturated rings. The molecule has 0 radical (unpaired) electrons. The van der Waals surface area contributed by atoms with Crippen molar-refractivity contribution < 1.29 is 20.1 Å². The van der Waals surface area contributed by atoms with Gasteiger partial charge in [-0.1, -0.05) is 37.3 Å². The maximum absolute atomic E-state index is 10.4. The van der Waals surface area contributed by atoms with E-state index in [1.54, 1.807) is 0 Å². The number of ether oxygens (including phenoxy) is 1. The Hall–Kier alpha value is -2.39. The molecule has 0 spiro atoms. The van der Waals surface area contributed by atoms with Crippen molar-refractivity contribution in [2.24, 2.45) is 0 Å². The third-order valence-corrected chi connectivity index (χ3v) is 5.11. The van der Waals surface area contributed by atoms with Crippen molar-refractivity contribution in [3.63, 3.8) is 0 Å². The van der Waals surface area contributed by atoms with Gasteiger partial charge >= 0.3 is 0 Å². The van der Waals surface area contributed by atoms with Crippen LogP contribution in [0, 0.1) is 11.3 Å². The Morgan fingerprint density at radius 1 is 1.15 bits per heavy atom. The van der Waals surface area contributed by atoms with E-state index in [2.05, 4.69) is 25.1 Å². The second-order valence-electron chi connectivity index (χ2n) is 7.09. The van der Waals surface area contributed by atoms with E-state index in [0.717, 1.165) is 17.5 Å². The van der Waals surface area contributed by atoms with Gasteiger partial charge in [-0.2, -0.15) is 5.26 Å². The van der Waals surface area contributed by atoms with E-state index in [1.807, 2.05) is 18.2 Å². The Labute approximate surface area is 159 Å². The summed E-state index contributed by atoms with van der Waals surface area (Å²) in [6, 6.07) is 13.7. The van der Waals surface area contributed by atoms with Crippen LogP contribution in [0.2, 0.25) is 0 Å². The van der Waals surface area contributed by atoms with Crippen molar-refractivity contribution in [2.75, 3.05) is 6.61 Å². The Morgan fingerprint density at radius 2 is 1.85 bits per heavy atom. The summed E-state index contributed by atoms with van der Waals surface area (Å²) in [5, 5.41) is 39.3. The van der Waals surface area contributed by atoms with Gasteiger partial charge in [0.2, 0.25) is 0 Å². The second-order valence-corrected chi connectivity index (χ2v) is 7.09. The van der Waals surface area contributed by atoms with Crippen molar-refractivity contribution in [3.8, 4) is 11.8 Å². The molecule has 3 N–H and O–H groups in total. The van der Waals surface area contributed by atoms with Crippen LogP contribution in [0.5, 0.6) is 5.75 Å². The van der Waals surface area contributed by atoms with Gasteiger partial charge in [-0.15, -0.1) is 0 Å². The first-order chi connectivity index (χ1) is 13.0. The van der Waals surface area contributed by atoms with E-state index in [1.165, 1.54) is 11.6 Å². The molecule has 1 heterocycles. The number of aryl methyl sites for hydroxylation is 1. The molecular formula is C22H25NO4. The number of nitriles is 1. The number of hydrogen-bond acceptors (Lipinski definition) is 5. The van der Waals surface area contributed by atoms with Gasteiger partial charge in [-0.3, -0.25) is 0 Å². The first kappa shape index (κ1) is 19.4. The number of aliphatic hydroxyl groups is 2. The van der Waals surface area contributed by atoms with Crippen LogP contribution < -0.4 is 0 Å². The topological polar surface area (TPSA) is 93.7 Å². The largest absolute Gasteiger partial charge is 0.507 e. The molecule has 0 aliphatic carbocycles. The Kier molecular flexibility index (Phi) is 6.12. The smallest absolute Gasteiger partial charge is 0.134 e. The van der Waals surface area contributed by atoms with Gasteiger partial charge in [0.1, 0.15) is 11.8 Å². The maximum atomic E-state index is 10.4. The van der Waals surface area contributed by atoms with Crippen LogP contribution in [0.15, 0.2) is 36.4 Å². The van der Waals surface area contributed by atoms with Crippen molar-refractivity contribution in [2.45, 2.75) is 50.9 Å². The highest BCUT2D eigenvalue weighted by atomic mass is 16.5. The summed E-state index contributed by atoms with van der Waals surface area (Å²) >= 11 is 0. The first-order valence-electron chi connectivity index (χ1n) is 9.32. The molecule has 0 unspecified atom stereocenters. The summed E-state index contributed by atoms with van der Waals surface area (Å²) in [7, 11) is 0. The van der Waals surface area contributed by atoms with E-state index in [-0.39, 0.29) is 17.9 Å². The third-order valence-electron chi connectivity index (χ3n) is 5.11. The van der Waals surface area contributed by atoms with Gasteiger partial charge < -0.3 is 20.1 Å². The highest BCUT2D eigenvalue weighted by Crippen LogP contribution is 2.35. The molecule has 1 aliphatic heterocycles. The molecule has 0 amide bonds. The maximum Gasteiger partial charge on any atom is 0.134 e. The van der Waals surface area contributed by atoms with E-state index in [4.69, 9.17) is 4.74 Å². The van der Waals surface area contributed by atoms with E-state index in [9.17, 15) is 20.6 Å². The van der Waals surface area contributed by atoms with Crippen molar-refractivity contribution >= 4 is 0 Å². The minimum atomic E-state index is -0.566. The monoisotopic (exact) mass is 367 g/mol. The van der Waals surface area contributed by atoms with Gasteiger partial charge in [0, 0.05) is 12.8 Å². The standard InChI is InChI=1S/C22H25NO4/c1-2-14-3-5-15(6-4-14)7-16-8-17(9-21(26)20(16)12-23)22-11-18(25)10-19(13-24)27-22/h3-6,8-9,18-19,22,24-26H,2,7,10-11,13H2,1H3/t18-,19-,22+/m0/s1. The quantitative estimate of drug-likeness (QED) is 0.755. The molecule has 0 bridgehead atoms. The Morgan fingerprint density at radius 3 is 2.48 bits per heavy atom. The molecule has 2 aromatic rings. The fraction of sp³-hybridized carbons (Fsp3) is 0.409. The SMILES string of the molecule is CCc1ccc(Cc2cc([C@H]3C[C@@H](O)C[C@@H](CO)O3)cc(O)c2C#N)cc1. The van der Waals surface area contributed by atoms with Crippen molar-refractivity contribution in [1.29, 1.82) is 5.26 Å². The zero-order valence-corrected chi connectivity index (χ0v) is 15.4. The molecule has 0 aromatic heterocycles. The van der Waals surface area contributed by atoms with Crippen molar-refractivity contribution in [3.05, 3.63) is 64.2 Å². The zero-order chi connectivity index (χ0) is 19.4. The summed E-state index contributed by atoms with van der Waals surface area (Å²) in [4.78, 5) is 0. The number of aliphatic hydroxyl groups excluding tert-OH is 2. The molecular weight excluding hydrogens is 342 g/mol. The van der Waals surface area contributed by atoms with Crippen LogP contribution in [-0.4, -0.2) is 34.1 Å². The van der Waals surface area contributed by atoms with E-state index in [0.29, 0.717) is 24.8 Å². The van der Waals surface area contributed by atoms with Crippen molar-refractivity contribution in [1.82, 2.24) is 0 Å². The first-order valence-corrected chi connectivity index (χ1v) is 9.32. The lowest BCUT2D eigenvalue weighted by Crippen LogP contribution is -2.33. The summed E-state index contributed by atoms with van der Waals surface area (Å²) in [5.41, 5.74) is 3.99. The predicted octanol–water partition coefficient (Wildman–Crippen LogP) is 2.99. The fourth-order valence-electron chi connectivity index (χ4n) is 3.60. The molecule has 3 atom stereocenters. The number of hydrogen-bond donors (Lipinski definition) is 3. The highest BCUT2D eigenvalue weighted by molar-refractivity contribution is 5.52. The van der Waals surface area contributed by atoms with Gasteiger partial charge in [-0.25, -0.2) is 0 Å². The fourth-order valence-corrected chi connectivity index (χ4v) is 3.60. The average Bonchev–Trinajstić information content (AvgIpc) is 2.67. The Balaban J connectivity index is 1.92. The van der Waals surface area contributed by atoms with Gasteiger partial charge in [0.15, 0.2) is 0 Å². The molecule has 1 saturated heterocycles. The van der Waals surface area contributed by atoms with E-state index < -0.39 is 18.3 Å². The lowest BCUT2D eigenvalue weighted by Gasteiger charge is -2.33. The highest BCUT2D eigenvalue weighted by Gasteiger charge is 2.30. The number of phenols is 1. The molecule has 0 saturated carbocycles. The zero-order valence-electron chi connectivity index (χ0n) is 15.4. The van der Waals surface area contributed by atoms with Gasteiger partial charge in [0.25, 0.3) is 0 Å². The van der Waals surface area contributed by atoms with E-state index >= 15 is 0 Å². The number of rotatable bonds is 5. The number of aromatic hydroxyl groups is 1. The summed E-state index contributed by atoms with van der Waals surface area (Å²) in [6.45, 7) is 1.94. The molecule has 5 nitrogen and oxygen atoms in total. The summed E-state index contributed by atoms with van der Waals surface area (Å²) < 4.78 is 5.85. The van der Waals surface area contributed by atoms with Crippen LogP contribution in [-0.2, 0) is 17.6 Å². The minimum Gasteiger partial charge on any atom is -0.507 e. The van der Waals surface area contributed by atoms with Crippen LogP contribution in [0.4, 0.5) is 0 Å². The van der Waals surface area contributed by atoms with Crippen LogP contribution in [0.3, 0.4) is 0 Å². The molecule has 3 rings (SSSR count). The third kappa shape index (κ3) is 4.48. The Bertz CT molecular complexity index is 825. The lowest BCUT2D eigenvalue weighted by atomic mass is 9.91.